The summed E-state index contributed by atoms with van der Waals surface area (Å²) in [7, 11) is -2.18. The van der Waals surface area contributed by atoms with Gasteiger partial charge in [0, 0.05) is 26.2 Å². The number of aromatic nitrogens is 2. The number of hydrogen-bond donors (Lipinski definition) is 1. The summed E-state index contributed by atoms with van der Waals surface area (Å²) in [6.45, 7) is 2.88. The van der Waals surface area contributed by atoms with Crippen molar-refractivity contribution in [3.63, 3.8) is 0 Å². The van der Waals surface area contributed by atoms with E-state index in [2.05, 4.69) is 10.4 Å². The van der Waals surface area contributed by atoms with Gasteiger partial charge in [-0.3, -0.25) is 4.79 Å². The fourth-order valence-electron chi connectivity index (χ4n) is 3.34. The van der Waals surface area contributed by atoms with Crippen LogP contribution in [0.25, 0.3) is 5.69 Å². The van der Waals surface area contributed by atoms with Crippen LogP contribution >= 0.6 is 0 Å². The highest BCUT2D eigenvalue weighted by atomic mass is 32.2. The summed E-state index contributed by atoms with van der Waals surface area (Å²) in [4.78, 5) is 12.5. The number of ether oxygens (including phenoxy) is 1. The number of nitrogens with one attached hydrogen (secondary N) is 1. The molecule has 0 spiro atoms. The molecule has 2 unspecified atom stereocenters. The molecule has 152 valence electrons. The van der Waals surface area contributed by atoms with Crippen molar-refractivity contribution in [2.45, 2.75) is 30.7 Å². The second-order valence-corrected chi connectivity index (χ2v) is 8.83. The molecule has 2 heterocycles. The first-order valence-corrected chi connectivity index (χ1v) is 10.8. The van der Waals surface area contributed by atoms with E-state index in [9.17, 15) is 13.2 Å². The molecule has 1 aliphatic heterocycles. The van der Waals surface area contributed by atoms with Gasteiger partial charge in [-0.25, -0.2) is 13.1 Å². The van der Waals surface area contributed by atoms with E-state index in [-0.39, 0.29) is 29.3 Å². The lowest BCUT2D eigenvalue weighted by Crippen LogP contribution is -2.49. The van der Waals surface area contributed by atoms with Gasteiger partial charge in [0.15, 0.2) is 0 Å². The van der Waals surface area contributed by atoms with Crippen LogP contribution in [0, 0.1) is 5.92 Å². The van der Waals surface area contributed by atoms with Crippen LogP contribution in [-0.4, -0.2) is 61.3 Å². The molecule has 1 N–H and O–H groups in total. The molecular weight excluding hydrogens is 380 g/mol. The number of carbonyl (C=O) groups excluding carboxylic acids is 1. The highest BCUT2D eigenvalue weighted by molar-refractivity contribution is 7.89. The van der Waals surface area contributed by atoms with Gasteiger partial charge >= 0.3 is 0 Å². The Morgan fingerprint density at radius 3 is 2.75 bits per heavy atom. The van der Waals surface area contributed by atoms with Gasteiger partial charge in [-0.1, -0.05) is 18.2 Å². The van der Waals surface area contributed by atoms with Gasteiger partial charge in [0.1, 0.15) is 4.90 Å². The SMILES string of the molecule is COCCNC(=O)C1CCC(C)N(S(=O)(=O)c2cnn(-c3ccccc3)c2)C1. The molecule has 1 aromatic heterocycles. The number of carbonyl (C=O) groups is 1. The normalized spacial score (nSPS) is 20.8. The van der Waals surface area contributed by atoms with Gasteiger partial charge in [-0.15, -0.1) is 0 Å². The molecule has 0 radical (unpaired) electrons. The fourth-order valence-corrected chi connectivity index (χ4v) is 4.98. The maximum atomic E-state index is 13.2. The third kappa shape index (κ3) is 4.43. The average Bonchev–Trinajstić information content (AvgIpc) is 3.20. The predicted molar refractivity (Wildman–Crippen MR) is 105 cm³/mol. The van der Waals surface area contributed by atoms with Gasteiger partial charge < -0.3 is 10.1 Å². The molecule has 1 saturated heterocycles. The number of hydrogen-bond acceptors (Lipinski definition) is 5. The van der Waals surface area contributed by atoms with Crippen LogP contribution in [0.1, 0.15) is 19.8 Å². The second kappa shape index (κ2) is 8.85. The van der Waals surface area contributed by atoms with Crippen LogP contribution < -0.4 is 5.32 Å². The molecule has 0 bridgehead atoms. The first-order chi connectivity index (χ1) is 13.4. The minimum atomic E-state index is -3.74. The molecule has 8 nitrogen and oxygen atoms in total. The van der Waals surface area contributed by atoms with E-state index in [1.807, 2.05) is 37.3 Å². The number of piperidine rings is 1. The van der Waals surface area contributed by atoms with Crippen LogP contribution in [0.3, 0.4) is 0 Å². The van der Waals surface area contributed by atoms with Gasteiger partial charge in [-0.2, -0.15) is 9.40 Å². The Kier molecular flexibility index (Phi) is 6.48. The number of rotatable bonds is 7. The van der Waals surface area contributed by atoms with E-state index < -0.39 is 10.0 Å². The zero-order valence-corrected chi connectivity index (χ0v) is 16.9. The van der Waals surface area contributed by atoms with E-state index >= 15 is 0 Å². The van der Waals surface area contributed by atoms with E-state index in [0.29, 0.717) is 26.0 Å². The number of para-hydroxylation sites is 1. The van der Waals surface area contributed by atoms with E-state index in [4.69, 9.17) is 4.74 Å². The Balaban J connectivity index is 1.76. The van der Waals surface area contributed by atoms with Crippen molar-refractivity contribution in [3.8, 4) is 5.69 Å². The Labute approximate surface area is 165 Å². The van der Waals surface area contributed by atoms with Crippen molar-refractivity contribution in [1.82, 2.24) is 19.4 Å². The Hall–Kier alpha value is -2.23. The van der Waals surface area contributed by atoms with Gasteiger partial charge in [0.25, 0.3) is 0 Å². The fraction of sp³-hybridized carbons (Fsp3) is 0.474. The topological polar surface area (TPSA) is 93.5 Å². The Bertz CT molecular complexity index is 898. The van der Waals surface area contributed by atoms with Crippen LogP contribution in [0.2, 0.25) is 0 Å². The molecule has 1 fully saturated rings. The lowest BCUT2D eigenvalue weighted by Gasteiger charge is -2.36. The number of amides is 1. The minimum absolute atomic E-state index is 0.128. The van der Waals surface area contributed by atoms with Crippen LogP contribution in [0.15, 0.2) is 47.6 Å². The largest absolute Gasteiger partial charge is 0.383 e. The molecule has 28 heavy (non-hydrogen) atoms. The quantitative estimate of drug-likeness (QED) is 0.702. The molecule has 2 aromatic rings. The van der Waals surface area contributed by atoms with Crippen molar-refractivity contribution < 1.29 is 17.9 Å². The molecular formula is C19H26N4O4S. The highest BCUT2D eigenvalue weighted by Crippen LogP contribution is 2.28. The smallest absolute Gasteiger partial charge is 0.246 e. The van der Waals surface area contributed by atoms with E-state index in [0.717, 1.165) is 5.69 Å². The molecule has 9 heteroatoms. The average molecular weight is 407 g/mol. The Morgan fingerprint density at radius 2 is 2.04 bits per heavy atom. The molecule has 1 amide bonds. The summed E-state index contributed by atoms with van der Waals surface area (Å²) in [5.74, 6) is -0.504. The van der Waals surface area contributed by atoms with Crippen molar-refractivity contribution in [2.75, 3.05) is 26.8 Å². The summed E-state index contributed by atoms with van der Waals surface area (Å²) >= 11 is 0. The number of nitrogens with zero attached hydrogens (tertiary/aromatic N) is 3. The summed E-state index contributed by atoms with van der Waals surface area (Å²) in [6.07, 6.45) is 4.17. The summed E-state index contributed by atoms with van der Waals surface area (Å²) in [5.41, 5.74) is 0.783. The van der Waals surface area contributed by atoms with Crippen LogP contribution in [0.4, 0.5) is 0 Å². The minimum Gasteiger partial charge on any atom is -0.383 e. The zero-order chi connectivity index (χ0) is 20.1. The lowest BCUT2D eigenvalue weighted by molar-refractivity contribution is -0.126. The van der Waals surface area contributed by atoms with Crippen LogP contribution in [-0.2, 0) is 19.6 Å². The third-order valence-corrected chi connectivity index (χ3v) is 6.92. The van der Waals surface area contributed by atoms with E-state index in [1.54, 1.807) is 7.11 Å². The first kappa shape index (κ1) is 20.5. The molecule has 0 aliphatic carbocycles. The van der Waals surface area contributed by atoms with Gasteiger partial charge in [0.05, 0.1) is 30.6 Å². The van der Waals surface area contributed by atoms with Crippen molar-refractivity contribution in [2.24, 2.45) is 5.92 Å². The maximum absolute atomic E-state index is 13.2. The van der Waals surface area contributed by atoms with Crippen molar-refractivity contribution >= 4 is 15.9 Å². The number of sulfonamides is 1. The zero-order valence-electron chi connectivity index (χ0n) is 16.1. The maximum Gasteiger partial charge on any atom is 0.246 e. The lowest BCUT2D eigenvalue weighted by atomic mass is 9.95. The predicted octanol–water partition coefficient (Wildman–Crippen LogP) is 1.42. The molecule has 1 aromatic carbocycles. The van der Waals surface area contributed by atoms with Crippen LogP contribution in [0.5, 0.6) is 0 Å². The van der Waals surface area contributed by atoms with Crippen molar-refractivity contribution in [1.29, 1.82) is 0 Å². The molecule has 1 aliphatic rings. The molecule has 0 saturated carbocycles. The van der Waals surface area contributed by atoms with Gasteiger partial charge in [0.2, 0.25) is 15.9 Å². The standard InChI is InChI=1S/C19H26N4O4S/c1-15-8-9-16(19(24)20-10-11-27-2)13-23(15)28(25,26)18-12-21-22(14-18)17-6-4-3-5-7-17/h3-7,12,14-16H,8-11,13H2,1-2H3,(H,20,24). The van der Waals surface area contributed by atoms with E-state index in [1.165, 1.54) is 21.4 Å². The summed E-state index contributed by atoms with van der Waals surface area (Å²) < 4.78 is 34.3. The second-order valence-electron chi connectivity index (χ2n) is 6.94. The number of benzene rings is 1. The summed E-state index contributed by atoms with van der Waals surface area (Å²) in [6, 6.07) is 9.15. The summed E-state index contributed by atoms with van der Waals surface area (Å²) in [5, 5.41) is 7.00. The van der Waals surface area contributed by atoms with Gasteiger partial charge in [-0.05, 0) is 31.9 Å². The Morgan fingerprint density at radius 1 is 1.29 bits per heavy atom. The first-order valence-electron chi connectivity index (χ1n) is 9.32. The molecule has 2 atom stereocenters. The third-order valence-electron chi connectivity index (χ3n) is 4.99. The highest BCUT2D eigenvalue weighted by Gasteiger charge is 2.38. The number of methoxy groups -OCH3 is 1. The monoisotopic (exact) mass is 406 g/mol. The molecule has 3 rings (SSSR count). The van der Waals surface area contributed by atoms with Crippen molar-refractivity contribution in [3.05, 3.63) is 42.7 Å².